The number of halogens is 3. The number of carbonyl (C=O) groups excluding carboxylic acids is 1. The highest BCUT2D eigenvalue weighted by atomic mass is 79.9. The Hall–Kier alpha value is -1.41. The maximum absolute atomic E-state index is 13.5. The Morgan fingerprint density at radius 1 is 1.45 bits per heavy atom. The molecule has 0 N–H and O–H groups in total. The summed E-state index contributed by atoms with van der Waals surface area (Å²) >= 11 is 3.07. The summed E-state index contributed by atoms with van der Waals surface area (Å²) in [4.78, 5) is 11.6. The van der Waals surface area contributed by atoms with E-state index in [2.05, 4.69) is 27.8 Å². The van der Waals surface area contributed by atoms with E-state index in [1.807, 2.05) is 13.8 Å². The van der Waals surface area contributed by atoms with Crippen LogP contribution in [0.4, 0.5) is 8.78 Å². The van der Waals surface area contributed by atoms with Gasteiger partial charge in [0.25, 0.3) is 0 Å². The zero-order valence-corrected chi connectivity index (χ0v) is 12.7. The first-order valence-electron chi connectivity index (χ1n) is 6.15. The molecule has 1 fully saturated rings. The molecule has 0 aliphatic carbocycles. The average molecular weight is 343 g/mol. The fourth-order valence-electron chi connectivity index (χ4n) is 2.15. The minimum Gasteiger partial charge on any atom is -0.459 e. The number of benzene rings is 1. The quantitative estimate of drug-likeness (QED) is 0.573. The third-order valence-corrected chi connectivity index (χ3v) is 3.64. The van der Waals surface area contributed by atoms with Gasteiger partial charge in [0.1, 0.15) is 17.2 Å². The Bertz CT molecular complexity index is 591. The molecule has 0 spiro atoms. The van der Waals surface area contributed by atoms with Gasteiger partial charge < -0.3 is 4.74 Å². The van der Waals surface area contributed by atoms with E-state index in [1.54, 1.807) is 0 Å². The molecule has 1 aromatic rings. The van der Waals surface area contributed by atoms with Crippen LogP contribution in [0.2, 0.25) is 0 Å². The summed E-state index contributed by atoms with van der Waals surface area (Å²) in [6, 6.07) is 1.93. The lowest BCUT2D eigenvalue weighted by Gasteiger charge is -2.14. The van der Waals surface area contributed by atoms with Gasteiger partial charge in [-0.15, -0.1) is 0 Å². The van der Waals surface area contributed by atoms with Gasteiger partial charge in [0.15, 0.2) is 0 Å². The van der Waals surface area contributed by atoms with E-state index in [9.17, 15) is 13.6 Å². The van der Waals surface area contributed by atoms with Gasteiger partial charge in [-0.3, -0.25) is 4.79 Å². The molecule has 1 aliphatic rings. The van der Waals surface area contributed by atoms with Gasteiger partial charge in [0.05, 0.1) is 11.5 Å². The van der Waals surface area contributed by atoms with Crippen molar-refractivity contribution in [2.24, 2.45) is 5.92 Å². The van der Waals surface area contributed by atoms with Crippen molar-refractivity contribution in [2.75, 3.05) is 0 Å². The second-order valence-electron chi connectivity index (χ2n) is 5.33. The normalized spacial score (nSPS) is 20.2. The summed E-state index contributed by atoms with van der Waals surface area (Å²) in [5, 5.41) is 0. The summed E-state index contributed by atoms with van der Waals surface area (Å²) in [5.41, 5.74) is -0.373. The van der Waals surface area contributed by atoms with Crippen LogP contribution >= 0.6 is 15.9 Å². The molecule has 0 aromatic heterocycles. The smallest absolute Gasteiger partial charge is 0.310 e. The third-order valence-electron chi connectivity index (χ3n) is 3.02. The van der Waals surface area contributed by atoms with Crippen LogP contribution < -0.4 is 0 Å². The summed E-state index contributed by atoms with van der Waals surface area (Å²) in [6.45, 7) is 3.68. The van der Waals surface area contributed by atoms with Crippen molar-refractivity contribution in [2.45, 2.75) is 32.3 Å². The number of hydrogen-bond acceptors (Lipinski definition) is 2. The molecule has 1 saturated heterocycles. The van der Waals surface area contributed by atoms with Crippen molar-refractivity contribution in [1.82, 2.24) is 0 Å². The lowest BCUT2D eigenvalue weighted by molar-refractivity contribution is -0.148. The Kier molecular flexibility index (Phi) is 4.14. The zero-order valence-electron chi connectivity index (χ0n) is 11.1. The standard InChI is InChI=1S/C15H13BrF2O2/c1-15(2)8-9(14(19)20-15)4-3-5-11-12(16)6-10(17)7-13(11)18/h6-7,9H,4,8H2,1-2H3. The number of carbonyl (C=O) groups is 1. The minimum atomic E-state index is -0.723. The van der Waals surface area contributed by atoms with E-state index in [4.69, 9.17) is 4.74 Å². The Morgan fingerprint density at radius 2 is 2.15 bits per heavy atom. The van der Waals surface area contributed by atoms with Crippen molar-refractivity contribution in [3.63, 3.8) is 0 Å². The molecule has 1 aromatic carbocycles. The lowest BCUT2D eigenvalue weighted by Crippen LogP contribution is -2.17. The van der Waals surface area contributed by atoms with Crippen LogP contribution in [0.3, 0.4) is 0 Å². The second-order valence-corrected chi connectivity index (χ2v) is 6.19. The Balaban J connectivity index is 2.12. The number of ether oxygens (including phenoxy) is 1. The Morgan fingerprint density at radius 3 is 2.70 bits per heavy atom. The fourth-order valence-corrected chi connectivity index (χ4v) is 2.66. The van der Waals surface area contributed by atoms with E-state index in [0.717, 1.165) is 12.1 Å². The molecule has 5 heteroatoms. The number of esters is 1. The monoisotopic (exact) mass is 342 g/mol. The summed E-state index contributed by atoms with van der Waals surface area (Å²) in [7, 11) is 0. The molecular weight excluding hydrogens is 330 g/mol. The Labute approximate surface area is 124 Å². The van der Waals surface area contributed by atoms with Crippen molar-refractivity contribution >= 4 is 21.9 Å². The molecule has 1 unspecified atom stereocenters. The maximum Gasteiger partial charge on any atom is 0.310 e. The first-order valence-corrected chi connectivity index (χ1v) is 6.94. The largest absolute Gasteiger partial charge is 0.459 e. The van der Waals surface area contributed by atoms with Crippen molar-refractivity contribution < 1.29 is 18.3 Å². The number of hydrogen-bond donors (Lipinski definition) is 0. The topological polar surface area (TPSA) is 26.3 Å². The average Bonchev–Trinajstić information content (AvgIpc) is 2.55. The molecule has 0 saturated carbocycles. The van der Waals surface area contributed by atoms with Gasteiger partial charge in [-0.1, -0.05) is 11.8 Å². The third kappa shape index (κ3) is 3.37. The number of rotatable bonds is 1. The highest BCUT2D eigenvalue weighted by molar-refractivity contribution is 9.10. The van der Waals surface area contributed by atoms with Gasteiger partial charge >= 0.3 is 5.97 Å². The molecule has 1 aliphatic heterocycles. The van der Waals surface area contributed by atoms with Crippen molar-refractivity contribution in [1.29, 1.82) is 0 Å². The van der Waals surface area contributed by atoms with Gasteiger partial charge in [0, 0.05) is 23.4 Å². The van der Waals surface area contributed by atoms with E-state index >= 15 is 0 Å². The molecule has 0 radical (unpaired) electrons. The first kappa shape index (κ1) is 15.0. The van der Waals surface area contributed by atoms with Crippen LogP contribution in [0, 0.1) is 29.4 Å². The van der Waals surface area contributed by atoms with Crippen LogP contribution in [0.15, 0.2) is 16.6 Å². The first-order chi connectivity index (χ1) is 9.28. The highest BCUT2D eigenvalue weighted by Gasteiger charge is 2.39. The molecular formula is C15H13BrF2O2. The van der Waals surface area contributed by atoms with Crippen LogP contribution in [-0.4, -0.2) is 11.6 Å². The van der Waals surface area contributed by atoms with Crippen LogP contribution in [0.1, 0.15) is 32.3 Å². The zero-order chi connectivity index (χ0) is 14.9. The second kappa shape index (κ2) is 5.53. The van der Waals surface area contributed by atoms with Crippen molar-refractivity contribution in [3.8, 4) is 11.8 Å². The summed E-state index contributed by atoms with van der Waals surface area (Å²) < 4.78 is 31.9. The van der Waals surface area contributed by atoms with Crippen LogP contribution in [0.5, 0.6) is 0 Å². The molecule has 1 atom stereocenters. The summed E-state index contributed by atoms with van der Waals surface area (Å²) in [6.07, 6.45) is 0.888. The van der Waals surface area contributed by atoms with E-state index in [1.165, 1.54) is 0 Å². The predicted octanol–water partition coefficient (Wildman–Crippen LogP) is 3.81. The van der Waals surface area contributed by atoms with Gasteiger partial charge in [-0.2, -0.15) is 0 Å². The predicted molar refractivity (Wildman–Crippen MR) is 73.8 cm³/mol. The lowest BCUT2D eigenvalue weighted by atomic mass is 9.95. The van der Waals surface area contributed by atoms with Gasteiger partial charge in [0.2, 0.25) is 0 Å². The van der Waals surface area contributed by atoms with Crippen molar-refractivity contribution in [3.05, 3.63) is 33.8 Å². The van der Waals surface area contributed by atoms with Crippen LogP contribution in [0.25, 0.3) is 0 Å². The molecule has 20 heavy (non-hydrogen) atoms. The molecule has 0 amide bonds. The van der Waals surface area contributed by atoms with E-state index in [0.29, 0.717) is 12.8 Å². The molecule has 0 bridgehead atoms. The van der Waals surface area contributed by atoms with Crippen LogP contribution in [-0.2, 0) is 9.53 Å². The van der Waals surface area contributed by atoms with Gasteiger partial charge in [-0.25, -0.2) is 8.78 Å². The fraction of sp³-hybridized carbons (Fsp3) is 0.400. The van der Waals surface area contributed by atoms with Gasteiger partial charge in [-0.05, 0) is 35.8 Å². The molecule has 1 heterocycles. The molecule has 2 nitrogen and oxygen atoms in total. The summed E-state index contributed by atoms with van der Waals surface area (Å²) in [5.74, 6) is 3.45. The highest BCUT2D eigenvalue weighted by Crippen LogP contribution is 2.32. The van der Waals surface area contributed by atoms with E-state index in [-0.39, 0.29) is 21.9 Å². The molecule has 2 rings (SSSR count). The minimum absolute atomic E-state index is 0.0945. The maximum atomic E-state index is 13.5. The number of cyclic esters (lactones) is 1. The van der Waals surface area contributed by atoms with E-state index < -0.39 is 17.2 Å². The SMILES string of the molecule is CC1(C)CC(CC#Cc2c(F)cc(F)cc2Br)C(=O)O1. The molecule has 106 valence electrons.